The number of ether oxygens (including phenoxy) is 3. The van der Waals surface area contributed by atoms with Crippen molar-refractivity contribution >= 4 is 17.9 Å². The molecule has 0 saturated heterocycles. The molecule has 0 fully saturated rings. The summed E-state index contributed by atoms with van der Waals surface area (Å²) in [6.07, 6.45) is 0.864. The van der Waals surface area contributed by atoms with Crippen LogP contribution in [0.4, 0.5) is 0 Å². The molecule has 20 heavy (non-hydrogen) atoms. The van der Waals surface area contributed by atoms with E-state index in [4.69, 9.17) is 5.11 Å². The van der Waals surface area contributed by atoms with E-state index in [1.165, 1.54) is 6.92 Å². The second-order valence-electron chi connectivity index (χ2n) is 3.64. The maximum atomic E-state index is 10.5. The Labute approximate surface area is 119 Å². The molecule has 7 heteroatoms. The molecule has 0 bridgehead atoms. The third-order valence-electron chi connectivity index (χ3n) is 1.80. The van der Waals surface area contributed by atoms with E-state index in [0.29, 0.717) is 6.61 Å². The van der Waals surface area contributed by atoms with Gasteiger partial charge in [-0.2, -0.15) is 0 Å². The van der Waals surface area contributed by atoms with Crippen molar-refractivity contribution in [1.82, 2.24) is 0 Å². The van der Waals surface area contributed by atoms with Crippen molar-refractivity contribution in [2.24, 2.45) is 0 Å². The van der Waals surface area contributed by atoms with E-state index in [0.717, 1.165) is 12.8 Å². The minimum absolute atomic E-state index is 0.192. The summed E-state index contributed by atoms with van der Waals surface area (Å²) in [6.45, 7) is 7.45. The zero-order chi connectivity index (χ0) is 16.0. The molecule has 1 N–H and O–H groups in total. The lowest BCUT2D eigenvalue weighted by Gasteiger charge is -2.04. The van der Waals surface area contributed by atoms with Crippen molar-refractivity contribution in [3.63, 3.8) is 0 Å². The van der Waals surface area contributed by atoms with Crippen molar-refractivity contribution in [2.75, 3.05) is 19.8 Å². The Bertz CT molecular complexity index is 270. The molecule has 0 aromatic carbocycles. The third-order valence-corrected chi connectivity index (χ3v) is 1.80. The highest BCUT2D eigenvalue weighted by Gasteiger charge is 2.14. The summed E-state index contributed by atoms with van der Waals surface area (Å²) in [5, 5.41) is 8.65. The summed E-state index contributed by atoms with van der Waals surface area (Å²) < 4.78 is 13.3. The van der Waals surface area contributed by atoms with E-state index in [9.17, 15) is 14.4 Å². The molecular weight excluding hydrogens is 268 g/mol. The van der Waals surface area contributed by atoms with Gasteiger partial charge in [0.25, 0.3) is 0 Å². The summed E-state index contributed by atoms with van der Waals surface area (Å²) in [6, 6.07) is 0. The molecule has 0 spiro atoms. The minimum atomic E-state index is -0.989. The Morgan fingerprint density at radius 2 is 1.40 bits per heavy atom. The van der Waals surface area contributed by atoms with Gasteiger partial charge in [0.15, 0.2) is 0 Å². The fourth-order valence-corrected chi connectivity index (χ4v) is 0.818. The van der Waals surface area contributed by atoms with Crippen LogP contribution in [-0.2, 0) is 28.6 Å². The first-order valence-corrected chi connectivity index (χ1v) is 6.59. The van der Waals surface area contributed by atoms with Gasteiger partial charge >= 0.3 is 17.9 Å². The topological polar surface area (TPSA) is 99.1 Å². The average Bonchev–Trinajstić information content (AvgIpc) is 2.40. The predicted molar refractivity (Wildman–Crippen MR) is 70.8 cm³/mol. The number of aliphatic hydroxyl groups excluding tert-OH is 1. The number of hydrogen-bond acceptors (Lipinski definition) is 7. The highest BCUT2D eigenvalue weighted by Crippen LogP contribution is 1.91. The van der Waals surface area contributed by atoms with Crippen LogP contribution in [0.2, 0.25) is 0 Å². The summed E-state index contributed by atoms with van der Waals surface area (Å²) in [5.74, 6) is -2.39. The first-order valence-electron chi connectivity index (χ1n) is 6.59. The van der Waals surface area contributed by atoms with Gasteiger partial charge in [0.05, 0.1) is 19.8 Å². The molecule has 0 aliphatic carbocycles. The van der Waals surface area contributed by atoms with Gasteiger partial charge in [-0.3, -0.25) is 0 Å². The lowest BCUT2D eigenvalue weighted by Crippen LogP contribution is -2.19. The minimum Gasteiger partial charge on any atom is -0.464 e. The van der Waals surface area contributed by atoms with Crippen LogP contribution in [0.25, 0.3) is 0 Å². The normalized spacial score (nSPS) is 10.7. The highest BCUT2D eigenvalue weighted by atomic mass is 16.6. The molecule has 0 aromatic heterocycles. The van der Waals surface area contributed by atoms with E-state index in [1.54, 1.807) is 13.8 Å². The zero-order valence-corrected chi connectivity index (χ0v) is 12.5. The Balaban J connectivity index is 0. The predicted octanol–water partition coefficient (Wildman–Crippen LogP) is 0.823. The van der Waals surface area contributed by atoms with Crippen molar-refractivity contribution < 1.29 is 33.7 Å². The number of carbonyl (C=O) groups is 3. The molecule has 0 aliphatic heterocycles. The summed E-state index contributed by atoms with van der Waals surface area (Å²) >= 11 is 0. The Morgan fingerprint density at radius 3 is 1.70 bits per heavy atom. The van der Waals surface area contributed by atoms with Gasteiger partial charge in [-0.1, -0.05) is 13.3 Å². The highest BCUT2D eigenvalue weighted by molar-refractivity contribution is 6.29. The summed E-state index contributed by atoms with van der Waals surface area (Å²) in [4.78, 5) is 31.4. The Kier molecular flexibility index (Phi) is 14.3. The van der Waals surface area contributed by atoms with Gasteiger partial charge in [0.2, 0.25) is 0 Å². The van der Waals surface area contributed by atoms with Crippen LogP contribution in [-0.4, -0.2) is 48.9 Å². The molecule has 1 unspecified atom stereocenters. The van der Waals surface area contributed by atoms with Gasteiger partial charge < -0.3 is 19.3 Å². The number of hydrogen-bond donors (Lipinski definition) is 1. The molecule has 0 heterocycles. The number of unbranched alkanes of at least 4 members (excludes halogenated alkanes) is 1. The Morgan fingerprint density at radius 1 is 0.950 bits per heavy atom. The van der Waals surface area contributed by atoms with Crippen LogP contribution in [0, 0.1) is 0 Å². The summed E-state index contributed by atoms with van der Waals surface area (Å²) in [7, 11) is 0. The van der Waals surface area contributed by atoms with Crippen LogP contribution in [0.1, 0.15) is 40.5 Å². The van der Waals surface area contributed by atoms with Crippen LogP contribution >= 0.6 is 0 Å². The lowest BCUT2D eigenvalue weighted by atomic mass is 10.3. The van der Waals surface area contributed by atoms with E-state index in [1.807, 2.05) is 6.92 Å². The van der Waals surface area contributed by atoms with Gasteiger partial charge in [0.1, 0.15) is 6.10 Å². The molecule has 0 amide bonds. The van der Waals surface area contributed by atoms with E-state index < -0.39 is 24.0 Å². The standard InChI is InChI=1S/C7H14O3.C6H10O4/c1-3-4-5-10-7(9)6(2)8;1-3-9-5(7)6(8)10-4-2/h6,8H,3-5H2,1-2H3;3-4H2,1-2H3. The number of carbonyl (C=O) groups excluding carboxylic acids is 3. The Hall–Kier alpha value is -1.63. The molecule has 0 aromatic rings. The molecule has 0 aliphatic rings. The third kappa shape index (κ3) is 12.8. The van der Waals surface area contributed by atoms with Crippen LogP contribution in [0.3, 0.4) is 0 Å². The zero-order valence-electron chi connectivity index (χ0n) is 12.5. The van der Waals surface area contributed by atoms with Crippen LogP contribution in [0.5, 0.6) is 0 Å². The van der Waals surface area contributed by atoms with Crippen LogP contribution in [0.15, 0.2) is 0 Å². The molecular formula is C13H24O7. The van der Waals surface area contributed by atoms with Gasteiger partial charge in [-0.15, -0.1) is 0 Å². The van der Waals surface area contributed by atoms with Gasteiger partial charge in [-0.25, -0.2) is 14.4 Å². The SMILES string of the molecule is CCCCOC(=O)C(C)O.CCOC(=O)C(=O)OCC. The molecule has 0 rings (SSSR count). The van der Waals surface area contributed by atoms with Gasteiger partial charge in [-0.05, 0) is 27.2 Å². The molecule has 0 radical (unpaired) electrons. The number of aliphatic hydroxyl groups is 1. The maximum absolute atomic E-state index is 10.5. The van der Waals surface area contributed by atoms with Crippen molar-refractivity contribution in [3.8, 4) is 0 Å². The second kappa shape index (κ2) is 13.8. The van der Waals surface area contributed by atoms with E-state index in [-0.39, 0.29) is 13.2 Å². The average molecular weight is 292 g/mol. The summed E-state index contributed by atoms with van der Waals surface area (Å²) in [5.41, 5.74) is 0. The molecule has 0 saturated carbocycles. The molecule has 1 atom stereocenters. The van der Waals surface area contributed by atoms with Crippen molar-refractivity contribution in [3.05, 3.63) is 0 Å². The lowest BCUT2D eigenvalue weighted by molar-refractivity contribution is -0.167. The number of rotatable bonds is 6. The van der Waals surface area contributed by atoms with E-state index in [2.05, 4.69) is 14.2 Å². The fourth-order valence-electron chi connectivity index (χ4n) is 0.818. The number of esters is 3. The quantitative estimate of drug-likeness (QED) is 0.335. The van der Waals surface area contributed by atoms with Gasteiger partial charge in [0, 0.05) is 0 Å². The smallest absolute Gasteiger partial charge is 0.417 e. The largest absolute Gasteiger partial charge is 0.464 e. The first kappa shape index (κ1) is 20.7. The molecule has 118 valence electrons. The molecule has 7 nitrogen and oxygen atoms in total. The van der Waals surface area contributed by atoms with Crippen molar-refractivity contribution in [1.29, 1.82) is 0 Å². The van der Waals surface area contributed by atoms with Crippen LogP contribution < -0.4 is 0 Å². The first-order chi connectivity index (χ1) is 9.40. The second-order valence-corrected chi connectivity index (χ2v) is 3.64. The monoisotopic (exact) mass is 292 g/mol. The van der Waals surface area contributed by atoms with E-state index >= 15 is 0 Å². The van der Waals surface area contributed by atoms with Crippen molar-refractivity contribution in [2.45, 2.75) is 46.6 Å². The fraction of sp³-hybridized carbons (Fsp3) is 0.769. The maximum Gasteiger partial charge on any atom is 0.417 e.